The van der Waals surface area contributed by atoms with Gasteiger partial charge in [-0.05, 0) is 19.3 Å². The van der Waals surface area contributed by atoms with Gasteiger partial charge in [-0.25, -0.2) is 0 Å². The minimum Gasteiger partial charge on any atom is -0.356 e. The largest absolute Gasteiger partial charge is 0.356 e. The highest BCUT2D eigenvalue weighted by molar-refractivity contribution is 6.17. The highest BCUT2D eigenvalue weighted by Gasteiger charge is 1.99. The molecule has 1 amide bonds. The van der Waals surface area contributed by atoms with Crippen molar-refractivity contribution in [1.29, 1.82) is 0 Å². The van der Waals surface area contributed by atoms with E-state index in [4.69, 9.17) is 11.6 Å². The van der Waals surface area contributed by atoms with Gasteiger partial charge in [0.2, 0.25) is 5.91 Å². The number of amides is 1. The van der Waals surface area contributed by atoms with Crippen LogP contribution in [0.25, 0.3) is 0 Å². The first kappa shape index (κ1) is 13.8. The molecule has 0 rings (SSSR count). The van der Waals surface area contributed by atoms with Gasteiger partial charge in [0, 0.05) is 18.8 Å². The van der Waals surface area contributed by atoms with Gasteiger partial charge in [0.1, 0.15) is 0 Å². The maximum Gasteiger partial charge on any atom is 0.219 e. The van der Waals surface area contributed by atoms with Gasteiger partial charge in [-0.15, -0.1) is 11.6 Å². The van der Waals surface area contributed by atoms with Gasteiger partial charge in [-0.3, -0.25) is 4.79 Å². The first-order chi connectivity index (χ1) is 6.81. The number of alkyl halides is 1. The van der Waals surface area contributed by atoms with Crippen LogP contribution in [0.5, 0.6) is 0 Å². The molecule has 0 aromatic heterocycles. The molecule has 0 heterocycles. The van der Waals surface area contributed by atoms with Crippen LogP contribution in [0.2, 0.25) is 0 Å². The number of rotatable bonds is 9. The summed E-state index contributed by atoms with van der Waals surface area (Å²) in [5, 5.41) is 2.90. The third-order valence-corrected chi connectivity index (χ3v) is 2.41. The minimum atomic E-state index is 0.190. The third-order valence-electron chi connectivity index (χ3n) is 2.14. The zero-order chi connectivity index (χ0) is 10.6. The molecule has 0 bridgehead atoms. The highest BCUT2D eigenvalue weighted by Crippen LogP contribution is 2.01. The summed E-state index contributed by atoms with van der Waals surface area (Å²) in [6.07, 6.45) is 7.31. The number of carbonyl (C=O) groups is 1. The highest BCUT2D eigenvalue weighted by atomic mass is 35.5. The smallest absolute Gasteiger partial charge is 0.219 e. The fraction of sp³-hybridized carbons (Fsp3) is 0.909. The van der Waals surface area contributed by atoms with E-state index in [2.05, 4.69) is 12.2 Å². The maximum atomic E-state index is 11.2. The van der Waals surface area contributed by atoms with Gasteiger partial charge in [0.05, 0.1) is 0 Å². The molecule has 0 radical (unpaired) electrons. The van der Waals surface area contributed by atoms with E-state index >= 15 is 0 Å². The molecular weight excluding hydrogens is 198 g/mol. The number of hydrogen-bond acceptors (Lipinski definition) is 1. The fourth-order valence-corrected chi connectivity index (χ4v) is 1.44. The van der Waals surface area contributed by atoms with Crippen LogP contribution in [0.4, 0.5) is 0 Å². The van der Waals surface area contributed by atoms with Crippen LogP contribution >= 0.6 is 11.6 Å². The van der Waals surface area contributed by atoms with Gasteiger partial charge in [-0.1, -0.05) is 26.2 Å². The lowest BCUT2D eigenvalue weighted by atomic mass is 10.1. The molecule has 0 aliphatic carbocycles. The van der Waals surface area contributed by atoms with Crippen LogP contribution in [0.15, 0.2) is 0 Å². The molecule has 0 aromatic carbocycles. The normalized spacial score (nSPS) is 10.1. The van der Waals surface area contributed by atoms with E-state index in [1.807, 2.05) is 0 Å². The molecule has 0 fully saturated rings. The Hall–Kier alpha value is -0.240. The summed E-state index contributed by atoms with van der Waals surface area (Å²) in [4.78, 5) is 11.2. The lowest BCUT2D eigenvalue weighted by Crippen LogP contribution is -2.24. The molecule has 1 N–H and O–H groups in total. The SMILES string of the molecule is CCCCCCC(=O)NCCCCCl. The second-order valence-corrected chi connectivity index (χ2v) is 3.93. The maximum absolute atomic E-state index is 11.2. The van der Waals surface area contributed by atoms with Gasteiger partial charge >= 0.3 is 0 Å². The molecule has 14 heavy (non-hydrogen) atoms. The van der Waals surface area contributed by atoms with Crippen molar-refractivity contribution < 1.29 is 4.79 Å². The molecule has 0 aromatic rings. The first-order valence-corrected chi connectivity index (χ1v) is 6.17. The Morgan fingerprint density at radius 3 is 2.57 bits per heavy atom. The predicted octanol–water partition coefficient (Wildman–Crippen LogP) is 3.09. The van der Waals surface area contributed by atoms with Crippen molar-refractivity contribution in [3.63, 3.8) is 0 Å². The molecule has 0 saturated carbocycles. The lowest BCUT2D eigenvalue weighted by molar-refractivity contribution is -0.121. The van der Waals surface area contributed by atoms with Crippen LogP contribution in [0.3, 0.4) is 0 Å². The van der Waals surface area contributed by atoms with Crippen LogP contribution in [-0.4, -0.2) is 18.3 Å². The van der Waals surface area contributed by atoms with E-state index in [0.717, 1.165) is 25.8 Å². The van der Waals surface area contributed by atoms with Crippen LogP contribution in [-0.2, 0) is 4.79 Å². The summed E-state index contributed by atoms with van der Waals surface area (Å²) >= 11 is 5.52. The minimum absolute atomic E-state index is 0.190. The molecule has 0 aliphatic rings. The number of halogens is 1. The van der Waals surface area contributed by atoms with Gasteiger partial charge in [0.25, 0.3) is 0 Å². The van der Waals surface area contributed by atoms with Crippen molar-refractivity contribution in [3.8, 4) is 0 Å². The number of unbranched alkanes of at least 4 members (excludes halogenated alkanes) is 4. The molecule has 2 nitrogen and oxygen atoms in total. The topological polar surface area (TPSA) is 29.1 Å². The Labute approximate surface area is 92.4 Å². The summed E-state index contributed by atoms with van der Waals surface area (Å²) in [6, 6.07) is 0. The average molecular weight is 220 g/mol. The van der Waals surface area contributed by atoms with Crippen molar-refractivity contribution in [2.75, 3.05) is 12.4 Å². The lowest BCUT2D eigenvalue weighted by Gasteiger charge is -2.03. The van der Waals surface area contributed by atoms with E-state index in [0.29, 0.717) is 12.3 Å². The fourth-order valence-electron chi connectivity index (χ4n) is 1.25. The van der Waals surface area contributed by atoms with E-state index in [9.17, 15) is 4.79 Å². The summed E-state index contributed by atoms with van der Waals surface area (Å²) in [5.74, 6) is 0.877. The molecule has 0 aliphatic heterocycles. The van der Waals surface area contributed by atoms with Crippen LogP contribution < -0.4 is 5.32 Å². The Balaban J connectivity index is 3.11. The third kappa shape index (κ3) is 9.85. The van der Waals surface area contributed by atoms with E-state index < -0.39 is 0 Å². The van der Waals surface area contributed by atoms with Gasteiger partial charge < -0.3 is 5.32 Å². The Bertz CT molecular complexity index is 125. The van der Waals surface area contributed by atoms with Gasteiger partial charge in [0.15, 0.2) is 0 Å². The molecule has 0 atom stereocenters. The average Bonchev–Trinajstić information content (AvgIpc) is 2.19. The van der Waals surface area contributed by atoms with Crippen LogP contribution in [0, 0.1) is 0 Å². The standard InChI is InChI=1S/C11H22ClNO/c1-2-3-4-5-8-11(14)13-10-7-6-9-12/h2-10H2,1H3,(H,13,14). The summed E-state index contributed by atoms with van der Waals surface area (Å²) in [5.41, 5.74) is 0. The molecule has 0 unspecified atom stereocenters. The molecular formula is C11H22ClNO. The number of carbonyl (C=O) groups excluding carboxylic acids is 1. The summed E-state index contributed by atoms with van der Waals surface area (Å²) in [6.45, 7) is 2.95. The summed E-state index contributed by atoms with van der Waals surface area (Å²) in [7, 11) is 0. The second kappa shape index (κ2) is 10.8. The number of hydrogen-bond donors (Lipinski definition) is 1. The van der Waals surface area contributed by atoms with Crippen molar-refractivity contribution in [3.05, 3.63) is 0 Å². The zero-order valence-electron chi connectivity index (χ0n) is 9.15. The molecule has 3 heteroatoms. The molecule has 0 saturated heterocycles. The predicted molar refractivity (Wildman–Crippen MR) is 61.7 cm³/mol. The Kier molecular flexibility index (Phi) is 10.7. The zero-order valence-corrected chi connectivity index (χ0v) is 9.91. The van der Waals surface area contributed by atoms with Crippen molar-refractivity contribution in [2.45, 2.75) is 51.9 Å². The first-order valence-electron chi connectivity index (χ1n) is 5.64. The van der Waals surface area contributed by atoms with Crippen molar-refractivity contribution >= 4 is 17.5 Å². The summed E-state index contributed by atoms with van der Waals surface area (Å²) < 4.78 is 0. The second-order valence-electron chi connectivity index (χ2n) is 3.56. The van der Waals surface area contributed by atoms with Gasteiger partial charge in [-0.2, -0.15) is 0 Å². The van der Waals surface area contributed by atoms with Crippen molar-refractivity contribution in [1.82, 2.24) is 5.32 Å². The van der Waals surface area contributed by atoms with E-state index in [1.54, 1.807) is 0 Å². The van der Waals surface area contributed by atoms with Crippen molar-refractivity contribution in [2.24, 2.45) is 0 Å². The van der Waals surface area contributed by atoms with E-state index in [1.165, 1.54) is 19.3 Å². The number of nitrogens with one attached hydrogen (secondary N) is 1. The van der Waals surface area contributed by atoms with E-state index in [-0.39, 0.29) is 5.91 Å². The van der Waals surface area contributed by atoms with Crippen LogP contribution in [0.1, 0.15) is 51.9 Å². The Morgan fingerprint density at radius 2 is 1.93 bits per heavy atom. The quantitative estimate of drug-likeness (QED) is 0.469. The monoisotopic (exact) mass is 219 g/mol. The molecule has 84 valence electrons. The molecule has 0 spiro atoms. The Morgan fingerprint density at radius 1 is 1.14 bits per heavy atom.